The van der Waals surface area contributed by atoms with Gasteiger partial charge in [0, 0.05) is 18.4 Å². The molecule has 0 saturated carbocycles. The van der Waals surface area contributed by atoms with Crippen LogP contribution in [-0.4, -0.2) is 34.2 Å². The summed E-state index contributed by atoms with van der Waals surface area (Å²) in [5.74, 6) is 0.819. The lowest BCUT2D eigenvalue weighted by molar-refractivity contribution is 0.0791. The average Bonchev–Trinajstić information content (AvgIpc) is 2.87. The number of carbonyl (C=O) groups excluding carboxylic acids is 1. The number of amides is 1. The van der Waals surface area contributed by atoms with Gasteiger partial charge in [0.05, 0.1) is 11.2 Å². The molecule has 1 aliphatic rings. The summed E-state index contributed by atoms with van der Waals surface area (Å²) in [4.78, 5) is 19.0. The Balaban J connectivity index is 1.97. The van der Waals surface area contributed by atoms with E-state index in [1.165, 1.54) is 11.3 Å². The normalized spacial score (nSPS) is 20.4. The standard InChI is InChI=1S/C11H15BrN2OS/c1-8-13-6-10(16-8)11(15)14-5-3-9(7-14)2-4-12/h6,9H,2-5,7H2,1H3. The maximum Gasteiger partial charge on any atom is 0.265 e. The fraction of sp³-hybridized carbons (Fsp3) is 0.636. The number of hydrogen-bond donors (Lipinski definition) is 0. The van der Waals surface area contributed by atoms with Gasteiger partial charge in [-0.3, -0.25) is 4.79 Å². The number of aromatic nitrogens is 1. The molecule has 5 heteroatoms. The minimum absolute atomic E-state index is 0.155. The zero-order valence-corrected chi connectivity index (χ0v) is 11.7. The second kappa shape index (κ2) is 5.27. The van der Waals surface area contributed by atoms with Crippen LogP contribution < -0.4 is 0 Å². The molecule has 1 fully saturated rings. The molecule has 1 atom stereocenters. The maximum absolute atomic E-state index is 12.1. The Kier molecular flexibility index (Phi) is 3.97. The van der Waals surface area contributed by atoms with Gasteiger partial charge in [-0.15, -0.1) is 11.3 Å². The summed E-state index contributed by atoms with van der Waals surface area (Å²) >= 11 is 4.94. The number of nitrogens with zero attached hydrogens (tertiary/aromatic N) is 2. The zero-order chi connectivity index (χ0) is 11.5. The molecule has 1 saturated heterocycles. The van der Waals surface area contributed by atoms with E-state index in [0.29, 0.717) is 5.92 Å². The molecule has 1 amide bonds. The molecule has 16 heavy (non-hydrogen) atoms. The van der Waals surface area contributed by atoms with Gasteiger partial charge in [-0.2, -0.15) is 0 Å². The van der Waals surface area contributed by atoms with E-state index in [4.69, 9.17) is 0 Å². The monoisotopic (exact) mass is 302 g/mol. The Bertz CT molecular complexity index is 380. The van der Waals surface area contributed by atoms with Crippen molar-refractivity contribution in [1.29, 1.82) is 0 Å². The van der Waals surface area contributed by atoms with Crippen LogP contribution in [0, 0.1) is 12.8 Å². The van der Waals surface area contributed by atoms with Gasteiger partial charge in [-0.25, -0.2) is 4.98 Å². The highest BCUT2D eigenvalue weighted by Crippen LogP contribution is 2.23. The molecule has 2 rings (SSSR count). The van der Waals surface area contributed by atoms with Crippen molar-refractivity contribution in [2.75, 3.05) is 18.4 Å². The highest BCUT2D eigenvalue weighted by Gasteiger charge is 2.27. The molecule has 0 aromatic carbocycles. The van der Waals surface area contributed by atoms with Crippen molar-refractivity contribution in [2.45, 2.75) is 19.8 Å². The molecule has 88 valence electrons. The van der Waals surface area contributed by atoms with E-state index in [9.17, 15) is 4.79 Å². The van der Waals surface area contributed by atoms with Crippen molar-refractivity contribution >= 4 is 33.2 Å². The first-order valence-electron chi connectivity index (χ1n) is 5.48. The smallest absolute Gasteiger partial charge is 0.265 e. The largest absolute Gasteiger partial charge is 0.338 e. The Hall–Kier alpha value is -0.420. The fourth-order valence-corrected chi connectivity index (χ4v) is 3.42. The molecule has 1 aliphatic heterocycles. The molecule has 0 bridgehead atoms. The summed E-state index contributed by atoms with van der Waals surface area (Å²) in [6.45, 7) is 3.73. The summed E-state index contributed by atoms with van der Waals surface area (Å²) in [6, 6.07) is 0. The molecule has 2 heterocycles. The highest BCUT2D eigenvalue weighted by atomic mass is 79.9. The summed E-state index contributed by atoms with van der Waals surface area (Å²) < 4.78 is 0. The van der Waals surface area contributed by atoms with Gasteiger partial charge in [0.15, 0.2) is 0 Å². The van der Waals surface area contributed by atoms with E-state index in [1.807, 2.05) is 11.8 Å². The molecule has 1 unspecified atom stereocenters. The van der Waals surface area contributed by atoms with Crippen LogP contribution in [0.25, 0.3) is 0 Å². The van der Waals surface area contributed by atoms with Crippen LogP contribution in [0.5, 0.6) is 0 Å². The predicted octanol–water partition coefficient (Wildman–Crippen LogP) is 2.70. The molecule has 1 aromatic heterocycles. The Labute approximate surface area is 108 Å². The Morgan fingerprint density at radius 3 is 3.19 bits per heavy atom. The molecule has 0 N–H and O–H groups in total. The minimum Gasteiger partial charge on any atom is -0.338 e. The van der Waals surface area contributed by atoms with Crippen LogP contribution in [0.1, 0.15) is 27.5 Å². The van der Waals surface area contributed by atoms with Crippen molar-refractivity contribution in [2.24, 2.45) is 5.92 Å². The SMILES string of the molecule is Cc1ncc(C(=O)N2CCC(CCBr)C2)s1. The first kappa shape index (κ1) is 12.0. The van der Waals surface area contributed by atoms with Gasteiger partial charge < -0.3 is 4.90 Å². The molecular formula is C11H15BrN2OS. The third-order valence-corrected chi connectivity index (χ3v) is 4.28. The van der Waals surface area contributed by atoms with Gasteiger partial charge in [0.2, 0.25) is 0 Å². The summed E-state index contributed by atoms with van der Waals surface area (Å²) in [7, 11) is 0. The van der Waals surface area contributed by atoms with Crippen LogP contribution in [0.3, 0.4) is 0 Å². The van der Waals surface area contributed by atoms with Crippen LogP contribution in [-0.2, 0) is 0 Å². The van der Waals surface area contributed by atoms with Crippen LogP contribution in [0.2, 0.25) is 0 Å². The molecule has 1 aromatic rings. The van der Waals surface area contributed by atoms with Crippen molar-refractivity contribution in [3.8, 4) is 0 Å². The van der Waals surface area contributed by atoms with Crippen LogP contribution >= 0.6 is 27.3 Å². The average molecular weight is 303 g/mol. The van der Waals surface area contributed by atoms with Crippen LogP contribution in [0.4, 0.5) is 0 Å². The van der Waals surface area contributed by atoms with Gasteiger partial charge in [0.1, 0.15) is 4.88 Å². The molecule has 0 radical (unpaired) electrons. The first-order valence-corrected chi connectivity index (χ1v) is 7.42. The van der Waals surface area contributed by atoms with Gasteiger partial charge in [-0.1, -0.05) is 15.9 Å². The number of thiazole rings is 1. The van der Waals surface area contributed by atoms with E-state index in [-0.39, 0.29) is 5.91 Å². The quantitative estimate of drug-likeness (QED) is 0.804. The Morgan fingerprint density at radius 2 is 2.56 bits per heavy atom. The van der Waals surface area contributed by atoms with Gasteiger partial charge in [0.25, 0.3) is 5.91 Å². The lowest BCUT2D eigenvalue weighted by Gasteiger charge is -2.14. The van der Waals surface area contributed by atoms with Gasteiger partial charge >= 0.3 is 0 Å². The van der Waals surface area contributed by atoms with Crippen molar-refractivity contribution < 1.29 is 4.79 Å². The molecular weight excluding hydrogens is 288 g/mol. The number of aryl methyl sites for hydroxylation is 1. The first-order chi connectivity index (χ1) is 7.70. The maximum atomic E-state index is 12.1. The number of halogens is 1. The number of alkyl halides is 1. The number of hydrogen-bond acceptors (Lipinski definition) is 3. The van der Waals surface area contributed by atoms with E-state index in [0.717, 1.165) is 41.1 Å². The van der Waals surface area contributed by atoms with E-state index >= 15 is 0 Å². The number of likely N-dealkylation sites (tertiary alicyclic amines) is 1. The minimum atomic E-state index is 0.155. The van der Waals surface area contributed by atoms with Crippen molar-refractivity contribution in [3.63, 3.8) is 0 Å². The van der Waals surface area contributed by atoms with Crippen molar-refractivity contribution in [1.82, 2.24) is 9.88 Å². The molecule has 0 spiro atoms. The van der Waals surface area contributed by atoms with Crippen LogP contribution in [0.15, 0.2) is 6.20 Å². The molecule has 3 nitrogen and oxygen atoms in total. The van der Waals surface area contributed by atoms with E-state index in [2.05, 4.69) is 20.9 Å². The number of carbonyl (C=O) groups is 1. The topological polar surface area (TPSA) is 33.2 Å². The highest BCUT2D eigenvalue weighted by molar-refractivity contribution is 9.09. The third-order valence-electron chi connectivity index (χ3n) is 2.92. The fourth-order valence-electron chi connectivity index (χ4n) is 2.02. The van der Waals surface area contributed by atoms with Gasteiger partial charge in [-0.05, 0) is 25.7 Å². The summed E-state index contributed by atoms with van der Waals surface area (Å²) in [5.41, 5.74) is 0. The van der Waals surface area contributed by atoms with Crippen molar-refractivity contribution in [3.05, 3.63) is 16.1 Å². The second-order valence-corrected chi connectivity index (χ2v) is 6.15. The zero-order valence-electron chi connectivity index (χ0n) is 9.28. The lowest BCUT2D eigenvalue weighted by atomic mass is 10.1. The Morgan fingerprint density at radius 1 is 1.75 bits per heavy atom. The number of rotatable bonds is 3. The lowest BCUT2D eigenvalue weighted by Crippen LogP contribution is -2.28. The summed E-state index contributed by atoms with van der Waals surface area (Å²) in [6.07, 6.45) is 3.99. The predicted molar refractivity (Wildman–Crippen MR) is 69.3 cm³/mol. The van der Waals surface area contributed by atoms with E-state index in [1.54, 1.807) is 6.20 Å². The molecule has 0 aliphatic carbocycles. The van der Waals surface area contributed by atoms with E-state index < -0.39 is 0 Å². The third kappa shape index (κ3) is 2.63. The summed E-state index contributed by atoms with van der Waals surface area (Å²) in [5, 5.41) is 1.99. The second-order valence-electron chi connectivity index (χ2n) is 4.13.